The average Bonchev–Trinajstić information content (AvgIpc) is 3.21. The Balaban J connectivity index is 2.61. The first-order valence-corrected chi connectivity index (χ1v) is 24.5. The van der Waals surface area contributed by atoms with Crippen LogP contribution >= 0.6 is 7.82 Å². The molecule has 0 saturated heterocycles. The molecule has 0 bridgehead atoms. The second-order valence-corrected chi connectivity index (χ2v) is 17.8. The van der Waals surface area contributed by atoms with Gasteiger partial charge in [-0.3, -0.25) is 13.8 Å². The van der Waals surface area contributed by atoms with Crippen molar-refractivity contribution in [3.63, 3.8) is 0 Å². The number of aliphatic hydroxyl groups excluding tert-OH is 7. The van der Waals surface area contributed by atoms with E-state index in [2.05, 4.69) is 43.5 Å². The highest BCUT2D eigenvalue weighted by atomic mass is 31.2. The maximum atomic E-state index is 13.0. The Labute approximate surface area is 356 Å². The molecule has 0 aliphatic heterocycles. The van der Waals surface area contributed by atoms with E-state index in [-0.39, 0.29) is 6.42 Å². The van der Waals surface area contributed by atoms with Crippen molar-refractivity contribution in [3.05, 3.63) is 36.5 Å². The molecular weight excluding hydrogens is 777 g/mol. The molecule has 1 aliphatic carbocycles. The maximum absolute atomic E-state index is 13.0. The first-order chi connectivity index (χ1) is 28.3. The standard InChI is InChI=1S/C45H84NO12P/c1-3-5-7-9-11-13-15-17-18-19-21-23-25-27-29-31-33-38(48)37(35-57-59(55,56)58-45-43(53)41(51)40(50)42(52)44(45)54)46-39(49)34-36(47)32-30-28-26-24-22-20-16-14-12-10-8-6-4-2/h17-18,23,25,31,33,36-38,40-45,47-48,50-54H,3-16,19-22,24,26-30,32,34-35H2,1-2H3,(H,46,49)(H,55,56)/b18-17+,25-23+,33-31+. The number of hydrogen-bond donors (Lipinski definition) is 9. The molecule has 0 aromatic carbocycles. The molecule has 346 valence electrons. The summed E-state index contributed by atoms with van der Waals surface area (Å²) >= 11 is 0. The normalized spacial score (nSPS) is 23.9. The summed E-state index contributed by atoms with van der Waals surface area (Å²) in [5.74, 6) is -0.607. The van der Waals surface area contributed by atoms with E-state index in [9.17, 15) is 50.0 Å². The lowest BCUT2D eigenvalue weighted by Crippen LogP contribution is -2.64. The van der Waals surface area contributed by atoms with Gasteiger partial charge in [-0.2, -0.15) is 0 Å². The van der Waals surface area contributed by atoms with Gasteiger partial charge < -0.3 is 46.0 Å². The Bertz CT molecular complexity index is 1160. The van der Waals surface area contributed by atoms with Gasteiger partial charge in [-0.1, -0.05) is 166 Å². The molecule has 8 unspecified atom stereocenters. The minimum absolute atomic E-state index is 0.254. The van der Waals surface area contributed by atoms with Crippen molar-refractivity contribution in [3.8, 4) is 0 Å². The molecule has 1 saturated carbocycles. The van der Waals surface area contributed by atoms with E-state index in [1.807, 2.05) is 0 Å². The van der Waals surface area contributed by atoms with Crippen LogP contribution < -0.4 is 5.32 Å². The first kappa shape index (κ1) is 55.5. The van der Waals surface area contributed by atoms with Gasteiger partial charge in [0.2, 0.25) is 5.91 Å². The number of carbonyl (C=O) groups excluding carboxylic acids is 1. The fourth-order valence-electron chi connectivity index (χ4n) is 7.15. The lowest BCUT2D eigenvalue weighted by Gasteiger charge is -2.41. The Morgan fingerprint density at radius 3 is 1.49 bits per heavy atom. The number of phosphoric ester groups is 1. The van der Waals surface area contributed by atoms with E-state index in [0.717, 1.165) is 44.9 Å². The zero-order valence-corrected chi connectivity index (χ0v) is 37.3. The van der Waals surface area contributed by atoms with Crippen molar-refractivity contribution in [2.45, 2.75) is 236 Å². The Morgan fingerprint density at radius 2 is 1.00 bits per heavy atom. The first-order valence-electron chi connectivity index (χ1n) is 23.0. The average molecular weight is 862 g/mol. The molecule has 0 heterocycles. The number of amides is 1. The van der Waals surface area contributed by atoms with Crippen molar-refractivity contribution in [2.75, 3.05) is 6.61 Å². The van der Waals surface area contributed by atoms with E-state index in [1.54, 1.807) is 6.08 Å². The summed E-state index contributed by atoms with van der Waals surface area (Å²) in [4.78, 5) is 23.4. The van der Waals surface area contributed by atoms with E-state index in [0.29, 0.717) is 19.3 Å². The third-order valence-electron chi connectivity index (χ3n) is 11.0. The van der Waals surface area contributed by atoms with E-state index >= 15 is 0 Å². The van der Waals surface area contributed by atoms with Gasteiger partial charge >= 0.3 is 7.82 Å². The lowest BCUT2D eigenvalue weighted by molar-refractivity contribution is -0.220. The Kier molecular flexibility index (Phi) is 33.0. The molecule has 0 aromatic rings. The molecule has 8 atom stereocenters. The zero-order valence-electron chi connectivity index (χ0n) is 36.4. The summed E-state index contributed by atoms with van der Waals surface area (Å²) in [6.07, 6.45) is 25.2. The molecule has 9 N–H and O–H groups in total. The van der Waals surface area contributed by atoms with Gasteiger partial charge in [0, 0.05) is 0 Å². The maximum Gasteiger partial charge on any atom is 0.472 e. The molecule has 14 heteroatoms. The van der Waals surface area contributed by atoms with Crippen molar-refractivity contribution >= 4 is 13.7 Å². The van der Waals surface area contributed by atoms with E-state index < -0.39 is 75.2 Å². The molecule has 1 fully saturated rings. The minimum Gasteiger partial charge on any atom is -0.393 e. The van der Waals surface area contributed by atoms with Crippen LogP contribution in [0.1, 0.15) is 181 Å². The summed E-state index contributed by atoms with van der Waals surface area (Å²) < 4.78 is 22.8. The SMILES string of the molecule is CCCCCCCC/C=C/CC/C=C/CC/C=C/C(O)C(COP(=O)(O)OC1C(O)C(O)C(O)C(O)C1O)NC(=O)CC(O)CCCCCCCCCCCCCCC. The summed E-state index contributed by atoms with van der Waals surface area (Å²) in [6.45, 7) is 3.70. The summed E-state index contributed by atoms with van der Waals surface area (Å²) in [7, 11) is -5.15. The molecule has 0 aromatic heterocycles. The predicted octanol–water partition coefficient (Wildman–Crippen LogP) is 7.36. The third kappa shape index (κ3) is 27.2. The van der Waals surface area contributed by atoms with Gasteiger partial charge in [-0.25, -0.2) is 4.57 Å². The molecule has 59 heavy (non-hydrogen) atoms. The molecular formula is C45H84NO12P. The van der Waals surface area contributed by atoms with Crippen LogP contribution in [0.15, 0.2) is 36.5 Å². The van der Waals surface area contributed by atoms with Crippen LogP contribution in [0.3, 0.4) is 0 Å². The van der Waals surface area contributed by atoms with Crippen LogP contribution in [-0.2, 0) is 18.4 Å². The van der Waals surface area contributed by atoms with Crippen LogP contribution in [0.25, 0.3) is 0 Å². The van der Waals surface area contributed by atoms with E-state index in [1.165, 1.54) is 102 Å². The number of hydrogen-bond acceptors (Lipinski definition) is 11. The van der Waals surface area contributed by atoms with Gasteiger partial charge in [0.15, 0.2) is 0 Å². The van der Waals surface area contributed by atoms with E-state index in [4.69, 9.17) is 9.05 Å². The number of rotatable bonds is 37. The lowest BCUT2D eigenvalue weighted by atomic mass is 9.85. The molecule has 0 radical (unpaired) electrons. The quantitative estimate of drug-likeness (QED) is 0.0170. The number of nitrogens with one attached hydrogen (secondary N) is 1. The van der Waals surface area contributed by atoms with Crippen LogP contribution in [0.2, 0.25) is 0 Å². The number of phosphoric acid groups is 1. The van der Waals surface area contributed by atoms with Crippen molar-refractivity contribution in [1.29, 1.82) is 0 Å². The second-order valence-electron chi connectivity index (χ2n) is 16.4. The molecule has 1 amide bonds. The van der Waals surface area contributed by atoms with Crippen LogP contribution in [-0.4, -0.2) is 108 Å². The Morgan fingerprint density at radius 1 is 0.593 bits per heavy atom. The van der Waals surface area contributed by atoms with Crippen LogP contribution in [0, 0.1) is 0 Å². The highest BCUT2D eigenvalue weighted by molar-refractivity contribution is 7.47. The van der Waals surface area contributed by atoms with Gasteiger partial charge in [0.1, 0.15) is 36.6 Å². The second kappa shape index (κ2) is 35.0. The highest BCUT2D eigenvalue weighted by Gasteiger charge is 2.51. The summed E-state index contributed by atoms with van der Waals surface area (Å²) in [5.41, 5.74) is 0. The zero-order chi connectivity index (χ0) is 43.7. The molecule has 1 aliphatic rings. The fourth-order valence-corrected chi connectivity index (χ4v) is 8.12. The summed E-state index contributed by atoms with van der Waals surface area (Å²) in [6, 6.07) is -1.26. The predicted molar refractivity (Wildman–Crippen MR) is 233 cm³/mol. The number of carbonyl (C=O) groups is 1. The van der Waals surface area contributed by atoms with Gasteiger partial charge in [-0.05, 0) is 44.9 Å². The molecule has 13 nitrogen and oxygen atoms in total. The minimum atomic E-state index is -5.15. The van der Waals surface area contributed by atoms with Gasteiger partial charge in [0.05, 0.1) is 31.3 Å². The fraction of sp³-hybridized carbons (Fsp3) is 0.844. The van der Waals surface area contributed by atoms with Crippen molar-refractivity contribution < 1.29 is 59.0 Å². The number of aliphatic hydroxyl groups is 7. The summed E-state index contributed by atoms with van der Waals surface area (Å²) in [5, 5.41) is 74.4. The molecule has 1 rings (SSSR count). The Hall–Kier alpha value is -1.48. The van der Waals surface area contributed by atoms with Gasteiger partial charge in [-0.15, -0.1) is 0 Å². The van der Waals surface area contributed by atoms with Gasteiger partial charge in [0.25, 0.3) is 0 Å². The number of unbranched alkanes of at least 4 members (excludes halogenated alkanes) is 20. The van der Waals surface area contributed by atoms with Crippen molar-refractivity contribution in [2.24, 2.45) is 0 Å². The van der Waals surface area contributed by atoms with Crippen LogP contribution in [0.5, 0.6) is 0 Å². The largest absolute Gasteiger partial charge is 0.472 e. The van der Waals surface area contributed by atoms with Crippen LogP contribution in [0.4, 0.5) is 0 Å². The smallest absolute Gasteiger partial charge is 0.393 e. The third-order valence-corrected chi connectivity index (χ3v) is 11.9. The number of allylic oxidation sites excluding steroid dienone is 5. The molecule has 0 spiro atoms. The van der Waals surface area contributed by atoms with Crippen molar-refractivity contribution in [1.82, 2.24) is 5.32 Å². The highest BCUT2D eigenvalue weighted by Crippen LogP contribution is 2.47. The monoisotopic (exact) mass is 862 g/mol. The topological polar surface area (TPSA) is 226 Å².